The van der Waals surface area contributed by atoms with Crippen molar-refractivity contribution in [3.63, 3.8) is 0 Å². The van der Waals surface area contributed by atoms with Crippen LogP contribution >= 0.6 is 0 Å². The molecule has 0 aliphatic heterocycles. The molecule has 1 heterocycles. The van der Waals surface area contributed by atoms with E-state index in [9.17, 15) is 28.8 Å². The summed E-state index contributed by atoms with van der Waals surface area (Å²) in [6.45, 7) is 9.45. The summed E-state index contributed by atoms with van der Waals surface area (Å²) >= 11 is 0. The first-order valence-corrected chi connectivity index (χ1v) is 10.1. The van der Waals surface area contributed by atoms with Crippen molar-refractivity contribution >= 4 is 17.7 Å². The highest BCUT2D eigenvalue weighted by molar-refractivity contribution is 5.98. The summed E-state index contributed by atoms with van der Waals surface area (Å²) in [6.07, 6.45) is -0.0548. The predicted molar refractivity (Wildman–Crippen MR) is 117 cm³/mol. The molecule has 0 atom stereocenters. The molecule has 0 amide bonds. The Morgan fingerprint density at radius 3 is 0.939 bits per heavy atom. The van der Waals surface area contributed by atoms with Crippen molar-refractivity contribution in [2.75, 3.05) is 19.8 Å². The minimum Gasteiger partial charge on any atom is -0.396 e. The zero-order valence-electron chi connectivity index (χ0n) is 18.1. The Labute approximate surface area is 188 Å². The van der Waals surface area contributed by atoms with Crippen LogP contribution in [0.4, 0.5) is 0 Å². The molecule has 0 aliphatic carbocycles. The minimum absolute atomic E-state index is 0.0600. The van der Waals surface area contributed by atoms with Crippen molar-refractivity contribution in [3.05, 3.63) is 67.9 Å². The lowest BCUT2D eigenvalue weighted by molar-refractivity contribution is 0.0888. The smallest absolute Gasteiger partial charge is 0.350 e. The van der Waals surface area contributed by atoms with Gasteiger partial charge in [0.25, 0.3) is 17.7 Å². The summed E-state index contributed by atoms with van der Waals surface area (Å²) in [4.78, 5) is 76.9. The molecule has 0 saturated carbocycles. The van der Waals surface area contributed by atoms with Gasteiger partial charge in [-0.05, 0) is 38.5 Å². The van der Waals surface area contributed by atoms with Crippen LogP contribution in [0.3, 0.4) is 0 Å². The van der Waals surface area contributed by atoms with Gasteiger partial charge in [-0.15, -0.1) is 0 Å². The fraction of sp³-hybridized carbons (Fsp3) is 0.429. The number of nitrogens with zero attached hydrogens (tertiary/aromatic N) is 3. The van der Waals surface area contributed by atoms with E-state index in [4.69, 9.17) is 15.3 Å². The molecule has 1 aromatic rings. The number of hydrogen-bond donors (Lipinski definition) is 3. The van der Waals surface area contributed by atoms with Crippen LogP contribution in [0.15, 0.2) is 50.8 Å². The molecule has 0 radical (unpaired) electrons. The van der Waals surface area contributed by atoms with Crippen LogP contribution in [-0.2, 0) is 0 Å². The Morgan fingerprint density at radius 2 is 0.758 bits per heavy atom. The van der Waals surface area contributed by atoms with Crippen molar-refractivity contribution in [1.29, 1.82) is 0 Å². The highest BCUT2D eigenvalue weighted by atomic mass is 16.3. The molecule has 12 nitrogen and oxygen atoms in total. The Morgan fingerprint density at radius 1 is 0.545 bits per heavy atom. The summed E-state index contributed by atoms with van der Waals surface area (Å²) in [6, 6.07) is 0. The molecule has 0 spiro atoms. The Balaban J connectivity index is 3.84. The normalized spacial score (nSPS) is 10.6. The summed E-state index contributed by atoms with van der Waals surface area (Å²) < 4.78 is -0.180. The van der Waals surface area contributed by atoms with Gasteiger partial charge in [0.05, 0.1) is 0 Å². The minimum atomic E-state index is -1.61. The Hall–Kier alpha value is -3.48. The molecule has 0 aromatic carbocycles. The van der Waals surface area contributed by atoms with E-state index in [1.807, 2.05) is 0 Å². The second-order valence-electron chi connectivity index (χ2n) is 7.06. The Kier molecular flexibility index (Phi) is 10.5. The van der Waals surface area contributed by atoms with Crippen molar-refractivity contribution in [3.8, 4) is 0 Å². The third-order valence-corrected chi connectivity index (χ3v) is 4.57. The van der Waals surface area contributed by atoms with Crippen molar-refractivity contribution in [2.45, 2.75) is 38.5 Å². The lowest BCUT2D eigenvalue weighted by atomic mass is 10.1. The van der Waals surface area contributed by atoms with E-state index in [2.05, 4.69) is 19.7 Å². The first kappa shape index (κ1) is 27.6. The van der Waals surface area contributed by atoms with Crippen LogP contribution in [0.1, 0.15) is 52.9 Å². The topological polar surface area (TPSA) is 178 Å². The van der Waals surface area contributed by atoms with E-state index in [0.717, 1.165) is 0 Å². The molecule has 0 unspecified atom stereocenters. The number of hydrogen-bond acceptors (Lipinski definition) is 9. The second-order valence-corrected chi connectivity index (χ2v) is 7.06. The monoisotopic (exact) mass is 465 g/mol. The predicted octanol–water partition coefficient (Wildman–Crippen LogP) is -0.922. The van der Waals surface area contributed by atoms with Gasteiger partial charge in [-0.3, -0.25) is 14.4 Å². The standard InChI is InChI=1S/C21H27N3O9/c1-13(7-4-10-25)16(28)22-19(31)23(17(29)14(2)8-5-11-26)21(33)24(20(22)32)18(30)15(3)9-6-12-27/h25-27H,1-12H2. The highest BCUT2D eigenvalue weighted by Gasteiger charge is 2.29. The largest absolute Gasteiger partial charge is 0.396 e. The summed E-state index contributed by atoms with van der Waals surface area (Å²) in [5.41, 5.74) is -5.67. The number of carbonyl (C=O) groups is 3. The van der Waals surface area contributed by atoms with Gasteiger partial charge in [-0.2, -0.15) is 13.7 Å². The third-order valence-electron chi connectivity index (χ3n) is 4.57. The maximum Gasteiger partial charge on any atom is 0.350 e. The molecular formula is C21H27N3O9. The van der Waals surface area contributed by atoms with Crippen molar-refractivity contribution < 1.29 is 29.7 Å². The zero-order valence-corrected chi connectivity index (χ0v) is 18.1. The van der Waals surface area contributed by atoms with E-state index in [1.165, 1.54) is 0 Å². The molecule has 1 aromatic heterocycles. The fourth-order valence-electron chi connectivity index (χ4n) is 2.74. The molecule has 180 valence electrons. The molecular weight excluding hydrogens is 438 g/mol. The molecule has 0 aliphatic rings. The number of allylic oxidation sites excluding steroid dienone is 3. The van der Waals surface area contributed by atoms with E-state index in [-0.39, 0.29) is 88.8 Å². The average Bonchev–Trinajstić information content (AvgIpc) is 2.78. The van der Waals surface area contributed by atoms with Crippen LogP contribution in [-0.4, -0.2) is 66.6 Å². The Bertz CT molecular complexity index is 978. The SMILES string of the molecule is C=C(CCCO)C(=O)n1c(=O)n(C(=O)C(=C)CCCO)c(=O)n(C(=O)C(=C)CCCO)c1=O. The summed E-state index contributed by atoms with van der Waals surface area (Å²) in [7, 11) is 0. The van der Waals surface area contributed by atoms with Gasteiger partial charge in [0, 0.05) is 36.5 Å². The third kappa shape index (κ3) is 6.28. The highest BCUT2D eigenvalue weighted by Crippen LogP contribution is 2.07. The van der Waals surface area contributed by atoms with Gasteiger partial charge in [0.2, 0.25) is 0 Å². The number of carbonyl (C=O) groups excluding carboxylic acids is 3. The van der Waals surface area contributed by atoms with Gasteiger partial charge < -0.3 is 15.3 Å². The molecule has 0 bridgehead atoms. The number of rotatable bonds is 12. The van der Waals surface area contributed by atoms with Gasteiger partial charge in [0.1, 0.15) is 0 Å². The maximum atomic E-state index is 12.9. The van der Waals surface area contributed by atoms with Crippen molar-refractivity contribution in [1.82, 2.24) is 13.7 Å². The lowest BCUT2D eigenvalue weighted by Crippen LogP contribution is -2.59. The number of aliphatic hydroxyl groups is 3. The number of aromatic nitrogens is 3. The van der Waals surface area contributed by atoms with E-state index in [0.29, 0.717) is 0 Å². The summed E-state index contributed by atoms with van der Waals surface area (Å²) in [5.74, 6) is -3.78. The van der Waals surface area contributed by atoms with Gasteiger partial charge in [-0.1, -0.05) is 19.7 Å². The van der Waals surface area contributed by atoms with Crippen LogP contribution in [0.2, 0.25) is 0 Å². The first-order chi connectivity index (χ1) is 15.5. The zero-order chi connectivity index (χ0) is 25.3. The van der Waals surface area contributed by atoms with Crippen molar-refractivity contribution in [2.24, 2.45) is 0 Å². The maximum absolute atomic E-state index is 12.9. The first-order valence-electron chi connectivity index (χ1n) is 10.1. The van der Waals surface area contributed by atoms with Gasteiger partial charge in [0.15, 0.2) is 0 Å². The second kappa shape index (κ2) is 12.5. The fourth-order valence-corrected chi connectivity index (χ4v) is 2.74. The van der Waals surface area contributed by atoms with Crippen LogP contribution < -0.4 is 17.1 Å². The quantitative estimate of drug-likeness (QED) is 0.329. The number of aliphatic hydroxyl groups excluding tert-OH is 3. The van der Waals surface area contributed by atoms with Crippen LogP contribution in [0.5, 0.6) is 0 Å². The lowest BCUT2D eigenvalue weighted by Gasteiger charge is -2.14. The van der Waals surface area contributed by atoms with Crippen LogP contribution in [0.25, 0.3) is 0 Å². The van der Waals surface area contributed by atoms with E-state index < -0.39 is 34.8 Å². The van der Waals surface area contributed by atoms with E-state index >= 15 is 0 Å². The average molecular weight is 465 g/mol. The van der Waals surface area contributed by atoms with Gasteiger partial charge in [-0.25, -0.2) is 14.4 Å². The van der Waals surface area contributed by atoms with Crippen LogP contribution in [0, 0.1) is 0 Å². The molecule has 0 saturated heterocycles. The van der Waals surface area contributed by atoms with Gasteiger partial charge >= 0.3 is 17.1 Å². The summed E-state index contributed by atoms with van der Waals surface area (Å²) in [5, 5.41) is 26.8. The van der Waals surface area contributed by atoms with E-state index in [1.54, 1.807) is 0 Å². The molecule has 0 fully saturated rings. The molecule has 1 rings (SSSR count). The molecule has 12 heteroatoms. The molecule has 33 heavy (non-hydrogen) atoms. The molecule has 3 N–H and O–H groups in total.